The monoisotopic (exact) mass is 252 g/mol. The van der Waals surface area contributed by atoms with E-state index < -0.39 is 0 Å². The van der Waals surface area contributed by atoms with Crippen LogP contribution in [0.3, 0.4) is 0 Å². The van der Waals surface area contributed by atoms with Gasteiger partial charge in [0, 0.05) is 18.1 Å². The van der Waals surface area contributed by atoms with Crippen molar-refractivity contribution < 1.29 is 0 Å². The topological polar surface area (TPSA) is 15.3 Å². The Morgan fingerprint density at radius 3 is 2.50 bits per heavy atom. The number of hydrogen-bond donors (Lipinski definition) is 1. The minimum Gasteiger partial charge on any atom is -0.316 e. The molecule has 2 rings (SSSR count). The molecule has 0 radical (unpaired) electrons. The van der Waals surface area contributed by atoms with Crippen LogP contribution in [-0.2, 0) is 0 Å². The number of nitrogens with zero attached hydrogens (tertiary/aromatic N) is 1. The van der Waals surface area contributed by atoms with Crippen LogP contribution in [0.5, 0.6) is 0 Å². The second-order valence-corrected chi connectivity index (χ2v) is 6.89. The highest BCUT2D eigenvalue weighted by Crippen LogP contribution is 2.39. The van der Waals surface area contributed by atoms with E-state index in [0.29, 0.717) is 0 Å². The SMILES string of the molecule is CCC1CCC(C)N1C1CCC1CNCC(C)C. The molecule has 0 aromatic rings. The summed E-state index contributed by atoms with van der Waals surface area (Å²) >= 11 is 0. The highest BCUT2D eigenvalue weighted by atomic mass is 15.2. The van der Waals surface area contributed by atoms with Gasteiger partial charge >= 0.3 is 0 Å². The fourth-order valence-electron chi connectivity index (χ4n) is 3.84. The quantitative estimate of drug-likeness (QED) is 0.780. The minimum absolute atomic E-state index is 0.776. The molecule has 18 heavy (non-hydrogen) atoms. The van der Waals surface area contributed by atoms with E-state index in [1.165, 1.54) is 45.2 Å². The van der Waals surface area contributed by atoms with Crippen molar-refractivity contribution in [3.63, 3.8) is 0 Å². The molecular weight excluding hydrogens is 220 g/mol. The lowest BCUT2D eigenvalue weighted by molar-refractivity contribution is 0.0256. The standard InChI is InChI=1S/C16H32N2/c1-5-15-8-6-13(4)18(15)16-9-7-14(16)11-17-10-12(2)3/h12-17H,5-11H2,1-4H3. The molecule has 0 aromatic heterocycles. The van der Waals surface area contributed by atoms with Gasteiger partial charge in [-0.05, 0) is 64.0 Å². The average molecular weight is 252 g/mol. The molecule has 2 fully saturated rings. The van der Waals surface area contributed by atoms with Crippen molar-refractivity contribution in [3.8, 4) is 0 Å². The van der Waals surface area contributed by atoms with Crippen LogP contribution in [0.2, 0.25) is 0 Å². The van der Waals surface area contributed by atoms with Gasteiger partial charge < -0.3 is 5.32 Å². The molecule has 1 heterocycles. The van der Waals surface area contributed by atoms with E-state index in [9.17, 15) is 0 Å². The lowest BCUT2D eigenvalue weighted by Crippen LogP contribution is -2.54. The third-order valence-electron chi connectivity index (χ3n) is 5.04. The molecule has 1 N–H and O–H groups in total. The van der Waals surface area contributed by atoms with Crippen molar-refractivity contribution in [1.82, 2.24) is 10.2 Å². The molecule has 1 aliphatic heterocycles. The Balaban J connectivity index is 1.81. The van der Waals surface area contributed by atoms with Gasteiger partial charge in [0.25, 0.3) is 0 Å². The summed E-state index contributed by atoms with van der Waals surface area (Å²) in [6.07, 6.45) is 7.07. The van der Waals surface area contributed by atoms with Crippen molar-refractivity contribution >= 4 is 0 Å². The van der Waals surface area contributed by atoms with Crippen molar-refractivity contribution in [3.05, 3.63) is 0 Å². The first-order valence-corrected chi connectivity index (χ1v) is 8.11. The molecule has 106 valence electrons. The Bertz CT molecular complexity index is 251. The average Bonchev–Trinajstić information content (AvgIpc) is 2.65. The Labute approximate surface area is 114 Å². The van der Waals surface area contributed by atoms with Gasteiger partial charge in [0.1, 0.15) is 0 Å². The predicted molar refractivity (Wildman–Crippen MR) is 78.8 cm³/mol. The lowest BCUT2D eigenvalue weighted by atomic mass is 9.77. The maximum absolute atomic E-state index is 3.66. The third-order valence-corrected chi connectivity index (χ3v) is 5.04. The summed E-state index contributed by atoms with van der Waals surface area (Å²) in [5.41, 5.74) is 0. The molecule has 4 atom stereocenters. The zero-order valence-electron chi connectivity index (χ0n) is 12.8. The molecular formula is C16H32N2. The zero-order chi connectivity index (χ0) is 13.1. The summed E-state index contributed by atoms with van der Waals surface area (Å²) in [5.74, 6) is 1.69. The minimum atomic E-state index is 0.776. The third kappa shape index (κ3) is 3.08. The van der Waals surface area contributed by atoms with Gasteiger partial charge in [-0.2, -0.15) is 0 Å². The van der Waals surface area contributed by atoms with Crippen LogP contribution in [0.1, 0.15) is 59.8 Å². The van der Waals surface area contributed by atoms with Crippen LogP contribution in [0.15, 0.2) is 0 Å². The van der Waals surface area contributed by atoms with E-state index >= 15 is 0 Å². The maximum atomic E-state index is 3.66. The molecule has 2 aliphatic rings. The Hall–Kier alpha value is -0.0800. The number of hydrogen-bond acceptors (Lipinski definition) is 2. The number of rotatable bonds is 6. The van der Waals surface area contributed by atoms with Crippen LogP contribution >= 0.6 is 0 Å². The van der Waals surface area contributed by atoms with Crippen LogP contribution < -0.4 is 5.32 Å². The van der Waals surface area contributed by atoms with Gasteiger partial charge in [-0.1, -0.05) is 20.8 Å². The largest absolute Gasteiger partial charge is 0.316 e. The fraction of sp³-hybridized carbons (Fsp3) is 1.00. The first kappa shape index (κ1) is 14.3. The molecule has 1 aliphatic carbocycles. The summed E-state index contributed by atoms with van der Waals surface area (Å²) < 4.78 is 0. The van der Waals surface area contributed by atoms with Crippen molar-refractivity contribution in [2.75, 3.05) is 13.1 Å². The second kappa shape index (κ2) is 6.38. The van der Waals surface area contributed by atoms with E-state index in [4.69, 9.17) is 0 Å². The van der Waals surface area contributed by atoms with E-state index in [2.05, 4.69) is 37.9 Å². The first-order chi connectivity index (χ1) is 8.63. The van der Waals surface area contributed by atoms with Crippen molar-refractivity contribution in [2.45, 2.75) is 77.9 Å². The highest BCUT2D eigenvalue weighted by Gasteiger charge is 2.42. The molecule has 0 spiro atoms. The van der Waals surface area contributed by atoms with E-state index in [1.54, 1.807) is 0 Å². The summed E-state index contributed by atoms with van der Waals surface area (Å²) in [6.45, 7) is 11.8. The Morgan fingerprint density at radius 2 is 1.94 bits per heavy atom. The van der Waals surface area contributed by atoms with E-state index in [0.717, 1.165) is 30.0 Å². The van der Waals surface area contributed by atoms with Gasteiger partial charge in [-0.15, -0.1) is 0 Å². The Morgan fingerprint density at radius 1 is 1.17 bits per heavy atom. The summed E-state index contributed by atoms with van der Waals surface area (Å²) in [7, 11) is 0. The Kier molecular flexibility index (Phi) is 5.08. The normalized spacial score (nSPS) is 37.2. The summed E-state index contributed by atoms with van der Waals surface area (Å²) in [4.78, 5) is 2.87. The van der Waals surface area contributed by atoms with Crippen molar-refractivity contribution in [1.29, 1.82) is 0 Å². The van der Waals surface area contributed by atoms with E-state index in [-0.39, 0.29) is 0 Å². The zero-order valence-corrected chi connectivity index (χ0v) is 12.8. The molecule has 1 saturated heterocycles. The summed E-state index contributed by atoms with van der Waals surface area (Å²) in [6, 6.07) is 2.58. The van der Waals surface area contributed by atoms with Gasteiger partial charge in [0.15, 0.2) is 0 Å². The molecule has 2 heteroatoms. The van der Waals surface area contributed by atoms with Gasteiger partial charge in [-0.3, -0.25) is 4.90 Å². The van der Waals surface area contributed by atoms with Gasteiger partial charge in [-0.25, -0.2) is 0 Å². The maximum Gasteiger partial charge on any atom is 0.0141 e. The smallest absolute Gasteiger partial charge is 0.0141 e. The van der Waals surface area contributed by atoms with Gasteiger partial charge in [0.2, 0.25) is 0 Å². The number of nitrogens with one attached hydrogen (secondary N) is 1. The molecule has 0 aromatic carbocycles. The van der Waals surface area contributed by atoms with Crippen LogP contribution in [-0.4, -0.2) is 36.1 Å². The highest BCUT2D eigenvalue weighted by molar-refractivity contribution is 4.97. The first-order valence-electron chi connectivity index (χ1n) is 8.11. The fourth-order valence-corrected chi connectivity index (χ4v) is 3.84. The van der Waals surface area contributed by atoms with Crippen LogP contribution in [0.4, 0.5) is 0 Å². The van der Waals surface area contributed by atoms with E-state index in [1.807, 2.05) is 0 Å². The second-order valence-electron chi connectivity index (χ2n) is 6.89. The van der Waals surface area contributed by atoms with Crippen molar-refractivity contribution in [2.24, 2.45) is 11.8 Å². The molecule has 1 saturated carbocycles. The molecule has 0 bridgehead atoms. The summed E-state index contributed by atoms with van der Waals surface area (Å²) in [5, 5.41) is 3.66. The lowest BCUT2D eigenvalue weighted by Gasteiger charge is -2.47. The number of likely N-dealkylation sites (tertiary alicyclic amines) is 1. The molecule has 0 amide bonds. The molecule has 2 nitrogen and oxygen atoms in total. The van der Waals surface area contributed by atoms with Crippen LogP contribution in [0.25, 0.3) is 0 Å². The van der Waals surface area contributed by atoms with Crippen LogP contribution in [0, 0.1) is 11.8 Å². The molecule has 4 unspecified atom stereocenters. The predicted octanol–water partition coefficient (Wildman–Crippen LogP) is 3.27. The van der Waals surface area contributed by atoms with Gasteiger partial charge in [0.05, 0.1) is 0 Å².